The highest BCUT2D eigenvalue weighted by molar-refractivity contribution is 5.81. The van der Waals surface area contributed by atoms with Crippen molar-refractivity contribution in [2.45, 2.75) is 18.9 Å². The van der Waals surface area contributed by atoms with Crippen LogP contribution >= 0.6 is 0 Å². The molecule has 1 aliphatic heterocycles. The Morgan fingerprint density at radius 1 is 1.31 bits per heavy atom. The van der Waals surface area contributed by atoms with E-state index in [1.54, 1.807) is 24.3 Å². The molecular formula is C12H15NO3. The summed E-state index contributed by atoms with van der Waals surface area (Å²) in [6.45, 7) is 1.11. The van der Waals surface area contributed by atoms with E-state index in [1.807, 2.05) is 6.07 Å². The standard InChI is InChI=1S/C12H15NO3/c14-11(10-6-2-1-3-7-10)12(15)13-8-4-5-9-16-13/h1-3,6-7,11,14H,4-5,8-9H2. The second kappa shape index (κ2) is 5.09. The first-order valence-corrected chi connectivity index (χ1v) is 5.46. The number of amides is 1. The lowest BCUT2D eigenvalue weighted by atomic mass is 10.1. The summed E-state index contributed by atoms with van der Waals surface area (Å²) in [7, 11) is 0. The summed E-state index contributed by atoms with van der Waals surface area (Å²) >= 11 is 0. The molecule has 0 aromatic heterocycles. The molecule has 0 aliphatic carbocycles. The van der Waals surface area contributed by atoms with Gasteiger partial charge in [-0.2, -0.15) is 0 Å². The van der Waals surface area contributed by atoms with Gasteiger partial charge in [0, 0.05) is 6.54 Å². The predicted octanol–water partition coefficient (Wildman–Crippen LogP) is 1.27. The van der Waals surface area contributed by atoms with Gasteiger partial charge in [0.1, 0.15) is 0 Å². The van der Waals surface area contributed by atoms with Gasteiger partial charge in [0.25, 0.3) is 5.91 Å². The fraction of sp³-hybridized carbons (Fsp3) is 0.417. The zero-order valence-corrected chi connectivity index (χ0v) is 9.00. The van der Waals surface area contributed by atoms with E-state index in [1.165, 1.54) is 5.06 Å². The van der Waals surface area contributed by atoms with E-state index in [0.29, 0.717) is 18.7 Å². The van der Waals surface area contributed by atoms with E-state index >= 15 is 0 Å². The van der Waals surface area contributed by atoms with Crippen LogP contribution in [0.4, 0.5) is 0 Å². The van der Waals surface area contributed by atoms with Gasteiger partial charge in [-0.3, -0.25) is 9.63 Å². The monoisotopic (exact) mass is 221 g/mol. The molecule has 1 heterocycles. The minimum absolute atomic E-state index is 0.383. The van der Waals surface area contributed by atoms with Crippen molar-refractivity contribution >= 4 is 5.91 Å². The van der Waals surface area contributed by atoms with E-state index in [0.717, 1.165) is 12.8 Å². The van der Waals surface area contributed by atoms with Crippen molar-refractivity contribution < 1.29 is 14.7 Å². The smallest absolute Gasteiger partial charge is 0.279 e. The number of hydroxylamine groups is 2. The fourth-order valence-electron chi connectivity index (χ4n) is 1.68. The van der Waals surface area contributed by atoms with Crippen LogP contribution in [0.2, 0.25) is 0 Å². The molecule has 1 N–H and O–H groups in total. The quantitative estimate of drug-likeness (QED) is 0.818. The van der Waals surface area contributed by atoms with Crippen molar-refractivity contribution in [3.8, 4) is 0 Å². The van der Waals surface area contributed by atoms with Crippen molar-refractivity contribution in [3.63, 3.8) is 0 Å². The molecule has 1 atom stereocenters. The predicted molar refractivity (Wildman–Crippen MR) is 58.3 cm³/mol. The van der Waals surface area contributed by atoms with Crippen molar-refractivity contribution in [3.05, 3.63) is 35.9 Å². The molecular weight excluding hydrogens is 206 g/mol. The molecule has 0 radical (unpaired) electrons. The highest BCUT2D eigenvalue weighted by Crippen LogP contribution is 2.17. The van der Waals surface area contributed by atoms with Crippen LogP contribution in [0.15, 0.2) is 30.3 Å². The third kappa shape index (κ3) is 2.40. The molecule has 1 aromatic carbocycles. The molecule has 1 saturated heterocycles. The van der Waals surface area contributed by atoms with E-state index in [2.05, 4.69) is 0 Å². The number of nitrogens with zero attached hydrogens (tertiary/aromatic N) is 1. The number of carbonyl (C=O) groups is 1. The molecule has 0 saturated carbocycles. The van der Waals surface area contributed by atoms with Gasteiger partial charge >= 0.3 is 0 Å². The topological polar surface area (TPSA) is 49.8 Å². The highest BCUT2D eigenvalue weighted by atomic mass is 16.7. The van der Waals surface area contributed by atoms with Gasteiger partial charge in [-0.1, -0.05) is 30.3 Å². The van der Waals surface area contributed by atoms with E-state index < -0.39 is 6.10 Å². The maximum Gasteiger partial charge on any atom is 0.279 e. The van der Waals surface area contributed by atoms with Crippen LogP contribution in [0.1, 0.15) is 24.5 Å². The molecule has 1 fully saturated rings. The normalized spacial score (nSPS) is 18.2. The molecule has 0 bridgehead atoms. The van der Waals surface area contributed by atoms with Gasteiger partial charge in [-0.05, 0) is 18.4 Å². The number of aliphatic hydroxyl groups is 1. The SMILES string of the molecule is O=C(C(O)c1ccccc1)N1CCCCO1. The Hall–Kier alpha value is -1.39. The van der Waals surface area contributed by atoms with Gasteiger partial charge < -0.3 is 5.11 Å². The van der Waals surface area contributed by atoms with Crippen LogP contribution in [-0.4, -0.2) is 29.2 Å². The van der Waals surface area contributed by atoms with E-state index in [4.69, 9.17) is 4.84 Å². The Morgan fingerprint density at radius 3 is 2.69 bits per heavy atom. The summed E-state index contributed by atoms with van der Waals surface area (Å²) in [5.74, 6) is -0.383. The average Bonchev–Trinajstić information content (AvgIpc) is 2.39. The lowest BCUT2D eigenvalue weighted by Gasteiger charge is -2.27. The minimum Gasteiger partial charge on any atom is -0.378 e. The van der Waals surface area contributed by atoms with Gasteiger partial charge in [-0.15, -0.1) is 0 Å². The minimum atomic E-state index is -1.13. The molecule has 2 rings (SSSR count). The molecule has 86 valence electrons. The molecule has 1 aromatic rings. The number of aliphatic hydroxyl groups excluding tert-OH is 1. The van der Waals surface area contributed by atoms with Crippen molar-refractivity contribution in [2.75, 3.05) is 13.2 Å². The first-order chi connectivity index (χ1) is 7.79. The zero-order chi connectivity index (χ0) is 11.4. The number of hydrogen-bond acceptors (Lipinski definition) is 3. The van der Waals surface area contributed by atoms with Crippen LogP contribution in [-0.2, 0) is 9.63 Å². The molecule has 1 amide bonds. The second-order valence-electron chi connectivity index (χ2n) is 3.79. The molecule has 1 aliphatic rings. The maximum atomic E-state index is 11.8. The Labute approximate surface area is 94.4 Å². The van der Waals surface area contributed by atoms with Crippen LogP contribution < -0.4 is 0 Å². The lowest BCUT2D eigenvalue weighted by Crippen LogP contribution is -2.38. The van der Waals surface area contributed by atoms with Crippen molar-refractivity contribution in [1.29, 1.82) is 0 Å². The van der Waals surface area contributed by atoms with Gasteiger partial charge in [0.15, 0.2) is 6.10 Å². The molecule has 4 heteroatoms. The second-order valence-corrected chi connectivity index (χ2v) is 3.79. The Bertz CT molecular complexity index is 347. The van der Waals surface area contributed by atoms with Crippen molar-refractivity contribution in [2.24, 2.45) is 0 Å². The molecule has 4 nitrogen and oxygen atoms in total. The number of rotatable bonds is 2. The van der Waals surface area contributed by atoms with Gasteiger partial charge in [0.05, 0.1) is 6.61 Å². The number of carbonyl (C=O) groups excluding carboxylic acids is 1. The summed E-state index contributed by atoms with van der Waals surface area (Å²) in [4.78, 5) is 17.1. The van der Waals surface area contributed by atoms with E-state index in [9.17, 15) is 9.90 Å². The third-order valence-corrected chi connectivity index (χ3v) is 2.60. The Morgan fingerprint density at radius 2 is 2.06 bits per heavy atom. The average molecular weight is 221 g/mol. The zero-order valence-electron chi connectivity index (χ0n) is 9.00. The van der Waals surface area contributed by atoms with E-state index in [-0.39, 0.29) is 5.91 Å². The fourth-order valence-corrected chi connectivity index (χ4v) is 1.68. The molecule has 1 unspecified atom stereocenters. The highest BCUT2D eigenvalue weighted by Gasteiger charge is 2.25. The summed E-state index contributed by atoms with van der Waals surface area (Å²) in [6, 6.07) is 8.89. The third-order valence-electron chi connectivity index (χ3n) is 2.60. The van der Waals surface area contributed by atoms with Crippen LogP contribution in [0.5, 0.6) is 0 Å². The maximum absolute atomic E-state index is 11.8. The molecule has 0 spiro atoms. The summed E-state index contributed by atoms with van der Waals surface area (Å²) in [5.41, 5.74) is 0.599. The number of hydrogen-bond donors (Lipinski definition) is 1. The van der Waals surface area contributed by atoms with Crippen LogP contribution in [0, 0.1) is 0 Å². The lowest BCUT2D eigenvalue weighted by molar-refractivity contribution is -0.205. The first kappa shape index (κ1) is 11.1. The Kier molecular flexibility index (Phi) is 3.54. The number of benzene rings is 1. The van der Waals surface area contributed by atoms with Crippen molar-refractivity contribution in [1.82, 2.24) is 5.06 Å². The molecule has 16 heavy (non-hydrogen) atoms. The van der Waals surface area contributed by atoms with Gasteiger partial charge in [0.2, 0.25) is 0 Å². The summed E-state index contributed by atoms with van der Waals surface area (Å²) < 4.78 is 0. The van der Waals surface area contributed by atoms with Crippen LogP contribution in [0.3, 0.4) is 0 Å². The van der Waals surface area contributed by atoms with Crippen LogP contribution in [0.25, 0.3) is 0 Å². The largest absolute Gasteiger partial charge is 0.378 e. The Balaban J connectivity index is 2.04. The summed E-state index contributed by atoms with van der Waals surface area (Å²) in [6.07, 6.45) is 0.762. The first-order valence-electron chi connectivity index (χ1n) is 5.46. The summed E-state index contributed by atoms with van der Waals surface area (Å²) in [5, 5.41) is 11.1. The van der Waals surface area contributed by atoms with Gasteiger partial charge in [-0.25, -0.2) is 5.06 Å².